The highest BCUT2D eigenvalue weighted by Gasteiger charge is 2.32. The van der Waals surface area contributed by atoms with Crippen molar-refractivity contribution in [1.82, 2.24) is 4.90 Å². The number of piperidine rings is 1. The lowest BCUT2D eigenvalue weighted by atomic mass is 10.0. The maximum Gasteiger partial charge on any atom is 0.254 e. The maximum atomic E-state index is 13.2. The number of nitrogens with zero attached hydrogens (tertiary/aromatic N) is 2. The Morgan fingerprint density at radius 1 is 0.926 bits per heavy atom. The molecule has 0 radical (unpaired) electrons. The van der Waals surface area contributed by atoms with Crippen molar-refractivity contribution in [3.8, 4) is 5.75 Å². The van der Waals surface area contributed by atoms with E-state index in [2.05, 4.69) is 23.1 Å². The molecule has 0 spiro atoms. The Morgan fingerprint density at radius 2 is 1.67 bits per heavy atom. The SMILES string of the molecule is COc1ccccc1[C@@H]1CCCN1C(=O)c1ccc(N2CCCCC2)cc1. The first kappa shape index (κ1) is 17.9. The smallest absolute Gasteiger partial charge is 0.254 e. The lowest BCUT2D eigenvalue weighted by Crippen LogP contribution is -2.31. The summed E-state index contributed by atoms with van der Waals surface area (Å²) in [5.74, 6) is 0.983. The first-order valence-electron chi connectivity index (χ1n) is 10.1. The molecule has 0 unspecified atom stereocenters. The number of anilines is 1. The van der Waals surface area contributed by atoms with Gasteiger partial charge >= 0.3 is 0 Å². The van der Waals surface area contributed by atoms with Gasteiger partial charge in [0.1, 0.15) is 5.75 Å². The predicted molar refractivity (Wildman–Crippen MR) is 109 cm³/mol. The fourth-order valence-electron chi connectivity index (χ4n) is 4.41. The van der Waals surface area contributed by atoms with Crippen LogP contribution in [0, 0.1) is 0 Å². The molecule has 4 rings (SSSR count). The molecule has 0 aliphatic carbocycles. The van der Waals surface area contributed by atoms with E-state index in [0.717, 1.165) is 49.4 Å². The van der Waals surface area contributed by atoms with E-state index in [1.165, 1.54) is 24.9 Å². The third-order valence-corrected chi connectivity index (χ3v) is 5.85. The van der Waals surface area contributed by atoms with Crippen LogP contribution in [0.1, 0.15) is 54.1 Å². The largest absolute Gasteiger partial charge is 0.496 e. The van der Waals surface area contributed by atoms with Gasteiger partial charge < -0.3 is 14.5 Å². The Balaban J connectivity index is 1.53. The lowest BCUT2D eigenvalue weighted by Gasteiger charge is -2.29. The molecule has 2 saturated heterocycles. The number of amides is 1. The molecule has 2 aliphatic heterocycles. The average Bonchev–Trinajstić information content (AvgIpc) is 3.23. The van der Waals surface area contributed by atoms with Crippen molar-refractivity contribution >= 4 is 11.6 Å². The zero-order valence-electron chi connectivity index (χ0n) is 16.1. The van der Waals surface area contributed by atoms with Gasteiger partial charge in [0.05, 0.1) is 13.2 Å². The van der Waals surface area contributed by atoms with E-state index in [9.17, 15) is 4.79 Å². The second kappa shape index (κ2) is 8.03. The number of carbonyl (C=O) groups is 1. The van der Waals surface area contributed by atoms with E-state index in [-0.39, 0.29) is 11.9 Å². The highest BCUT2D eigenvalue weighted by molar-refractivity contribution is 5.95. The van der Waals surface area contributed by atoms with Gasteiger partial charge in [-0.05, 0) is 62.4 Å². The highest BCUT2D eigenvalue weighted by Crippen LogP contribution is 2.37. The Hall–Kier alpha value is -2.49. The Bertz CT molecular complexity index is 781. The quantitative estimate of drug-likeness (QED) is 0.791. The zero-order valence-corrected chi connectivity index (χ0v) is 16.1. The molecule has 0 bridgehead atoms. The summed E-state index contributed by atoms with van der Waals surface area (Å²) in [6, 6.07) is 16.3. The van der Waals surface area contributed by atoms with Crippen LogP contribution in [-0.4, -0.2) is 37.6 Å². The molecule has 0 N–H and O–H groups in total. The molecule has 0 aromatic heterocycles. The van der Waals surface area contributed by atoms with Gasteiger partial charge in [-0.3, -0.25) is 4.79 Å². The van der Waals surface area contributed by atoms with E-state index >= 15 is 0 Å². The van der Waals surface area contributed by atoms with Crippen molar-refractivity contribution < 1.29 is 9.53 Å². The number of methoxy groups -OCH3 is 1. The summed E-state index contributed by atoms with van der Waals surface area (Å²) in [7, 11) is 1.69. The maximum absolute atomic E-state index is 13.2. The normalized spacial score (nSPS) is 20.0. The minimum absolute atomic E-state index is 0.0930. The van der Waals surface area contributed by atoms with Gasteiger partial charge in [-0.25, -0.2) is 0 Å². The summed E-state index contributed by atoms with van der Waals surface area (Å²) >= 11 is 0. The van der Waals surface area contributed by atoms with Crippen LogP contribution in [0.5, 0.6) is 5.75 Å². The predicted octanol–water partition coefficient (Wildman–Crippen LogP) is 4.66. The molecule has 2 aromatic carbocycles. The monoisotopic (exact) mass is 364 g/mol. The molecular weight excluding hydrogens is 336 g/mol. The van der Waals surface area contributed by atoms with Crippen molar-refractivity contribution in [2.75, 3.05) is 31.6 Å². The number of hydrogen-bond acceptors (Lipinski definition) is 3. The van der Waals surface area contributed by atoms with Gasteiger partial charge in [0.25, 0.3) is 5.91 Å². The van der Waals surface area contributed by atoms with Crippen LogP contribution in [0.4, 0.5) is 5.69 Å². The van der Waals surface area contributed by atoms with E-state index in [0.29, 0.717) is 0 Å². The van der Waals surface area contributed by atoms with E-state index in [4.69, 9.17) is 4.74 Å². The van der Waals surface area contributed by atoms with Crippen molar-refractivity contribution in [1.29, 1.82) is 0 Å². The molecule has 0 saturated carbocycles. The number of rotatable bonds is 4. The molecule has 2 aliphatic rings. The van der Waals surface area contributed by atoms with E-state index in [1.54, 1.807) is 7.11 Å². The molecule has 1 atom stereocenters. The van der Waals surface area contributed by atoms with Crippen LogP contribution in [0.15, 0.2) is 48.5 Å². The fourth-order valence-corrected chi connectivity index (χ4v) is 4.41. The molecule has 1 amide bonds. The molecule has 4 nitrogen and oxygen atoms in total. The lowest BCUT2D eigenvalue weighted by molar-refractivity contribution is 0.0734. The minimum atomic E-state index is 0.0930. The standard InChI is InChI=1S/C23H28N2O2/c1-27-22-10-4-3-8-20(22)21-9-7-17-25(21)23(26)18-11-13-19(14-12-18)24-15-5-2-6-16-24/h3-4,8,10-14,21H,2,5-7,9,15-17H2,1H3/t21-/m0/s1. The van der Waals surface area contributed by atoms with Crippen LogP contribution in [0.3, 0.4) is 0 Å². The van der Waals surface area contributed by atoms with Gasteiger partial charge in [0.15, 0.2) is 0 Å². The Morgan fingerprint density at radius 3 is 2.41 bits per heavy atom. The second-order valence-electron chi connectivity index (χ2n) is 7.49. The summed E-state index contributed by atoms with van der Waals surface area (Å²) in [6.45, 7) is 3.04. The molecule has 2 aromatic rings. The number of ether oxygens (including phenoxy) is 1. The number of hydrogen-bond donors (Lipinski definition) is 0. The van der Waals surface area contributed by atoms with Crippen molar-refractivity contribution in [2.45, 2.75) is 38.1 Å². The summed E-state index contributed by atoms with van der Waals surface area (Å²) in [5.41, 5.74) is 3.11. The minimum Gasteiger partial charge on any atom is -0.496 e. The number of carbonyl (C=O) groups excluding carboxylic acids is 1. The van der Waals surface area contributed by atoms with Gasteiger partial charge in [0, 0.05) is 36.4 Å². The van der Waals surface area contributed by atoms with Crippen LogP contribution < -0.4 is 9.64 Å². The topological polar surface area (TPSA) is 32.8 Å². The van der Waals surface area contributed by atoms with Crippen LogP contribution in [0.2, 0.25) is 0 Å². The average molecular weight is 364 g/mol. The first-order chi connectivity index (χ1) is 13.3. The van der Waals surface area contributed by atoms with Crippen LogP contribution in [0.25, 0.3) is 0 Å². The summed E-state index contributed by atoms with van der Waals surface area (Å²) in [5, 5.41) is 0. The highest BCUT2D eigenvalue weighted by atomic mass is 16.5. The van der Waals surface area contributed by atoms with Crippen LogP contribution >= 0.6 is 0 Å². The summed E-state index contributed by atoms with van der Waals surface area (Å²) < 4.78 is 5.53. The molecule has 4 heteroatoms. The fraction of sp³-hybridized carbons (Fsp3) is 0.435. The number of para-hydroxylation sites is 1. The Labute approximate surface area is 161 Å². The summed E-state index contributed by atoms with van der Waals surface area (Å²) in [6.07, 6.45) is 5.86. The van der Waals surface area contributed by atoms with Crippen LogP contribution in [-0.2, 0) is 0 Å². The number of likely N-dealkylation sites (tertiary alicyclic amines) is 1. The van der Waals surface area contributed by atoms with Gasteiger partial charge in [-0.2, -0.15) is 0 Å². The third-order valence-electron chi connectivity index (χ3n) is 5.85. The number of benzene rings is 2. The van der Waals surface area contributed by atoms with Crippen molar-refractivity contribution in [3.05, 3.63) is 59.7 Å². The van der Waals surface area contributed by atoms with Gasteiger partial charge in [0.2, 0.25) is 0 Å². The zero-order chi connectivity index (χ0) is 18.6. The molecule has 27 heavy (non-hydrogen) atoms. The molecule has 142 valence electrons. The van der Waals surface area contributed by atoms with E-state index < -0.39 is 0 Å². The molecular formula is C23H28N2O2. The molecule has 2 fully saturated rings. The van der Waals surface area contributed by atoms with Crippen molar-refractivity contribution in [2.24, 2.45) is 0 Å². The van der Waals surface area contributed by atoms with E-state index in [1.807, 2.05) is 35.2 Å². The summed E-state index contributed by atoms with van der Waals surface area (Å²) in [4.78, 5) is 17.6. The second-order valence-corrected chi connectivity index (χ2v) is 7.49. The first-order valence-corrected chi connectivity index (χ1v) is 10.1. The molecule has 2 heterocycles. The third kappa shape index (κ3) is 3.66. The van der Waals surface area contributed by atoms with Crippen molar-refractivity contribution in [3.63, 3.8) is 0 Å². The Kier molecular flexibility index (Phi) is 5.33. The van der Waals surface area contributed by atoms with Gasteiger partial charge in [-0.1, -0.05) is 18.2 Å². The van der Waals surface area contributed by atoms with Gasteiger partial charge in [-0.15, -0.1) is 0 Å².